The van der Waals surface area contributed by atoms with Crippen molar-refractivity contribution >= 4 is 17.4 Å². The molecule has 0 aliphatic rings. The summed E-state index contributed by atoms with van der Waals surface area (Å²) in [5.74, 6) is 0.853. The maximum absolute atomic E-state index is 12.0. The number of nitrogens with one attached hydrogen (secondary N) is 1. The Morgan fingerprint density at radius 2 is 1.70 bits per heavy atom. The van der Waals surface area contributed by atoms with E-state index in [4.69, 9.17) is 9.47 Å². The predicted octanol–water partition coefficient (Wildman–Crippen LogP) is 3.31. The molecule has 0 unspecified atom stereocenters. The summed E-state index contributed by atoms with van der Waals surface area (Å²) < 4.78 is 10.3. The predicted molar refractivity (Wildman–Crippen MR) is 88.2 cm³/mol. The van der Waals surface area contributed by atoms with Gasteiger partial charge >= 0.3 is 0 Å². The number of carbonyl (C=O) groups is 2. The number of benzene rings is 2. The standard InChI is InChI=1S/C18H19NO4/c1-22-14-8-9-15(17(12-14)23-2)19-18(21)11-10-16(20)13-6-4-3-5-7-13/h3-9,12H,10-11H2,1-2H3,(H,19,21). The Morgan fingerprint density at radius 1 is 0.957 bits per heavy atom. The van der Waals surface area contributed by atoms with E-state index in [2.05, 4.69) is 5.32 Å². The summed E-state index contributed by atoms with van der Waals surface area (Å²) in [5.41, 5.74) is 1.16. The fourth-order valence-electron chi connectivity index (χ4n) is 2.11. The molecule has 1 N–H and O–H groups in total. The van der Waals surface area contributed by atoms with Crippen LogP contribution < -0.4 is 14.8 Å². The van der Waals surface area contributed by atoms with Crippen LogP contribution in [0.2, 0.25) is 0 Å². The first kappa shape index (κ1) is 16.5. The second kappa shape index (κ2) is 7.98. The highest BCUT2D eigenvalue weighted by Gasteiger charge is 2.12. The lowest BCUT2D eigenvalue weighted by molar-refractivity contribution is -0.116. The van der Waals surface area contributed by atoms with Gasteiger partial charge in [0.15, 0.2) is 5.78 Å². The molecule has 0 saturated carbocycles. The zero-order valence-electron chi connectivity index (χ0n) is 13.2. The van der Waals surface area contributed by atoms with Crippen LogP contribution in [0.1, 0.15) is 23.2 Å². The Hall–Kier alpha value is -2.82. The van der Waals surface area contributed by atoms with Gasteiger partial charge in [0, 0.05) is 24.5 Å². The average molecular weight is 313 g/mol. The van der Waals surface area contributed by atoms with E-state index >= 15 is 0 Å². The van der Waals surface area contributed by atoms with E-state index in [0.717, 1.165) is 0 Å². The van der Waals surface area contributed by atoms with Crippen molar-refractivity contribution in [3.63, 3.8) is 0 Å². The second-order valence-corrected chi connectivity index (χ2v) is 4.90. The first-order chi connectivity index (χ1) is 11.1. The van der Waals surface area contributed by atoms with E-state index in [1.54, 1.807) is 49.6 Å². The Kier molecular flexibility index (Phi) is 5.74. The zero-order chi connectivity index (χ0) is 16.7. The van der Waals surface area contributed by atoms with Crippen molar-refractivity contribution in [3.05, 3.63) is 54.1 Å². The van der Waals surface area contributed by atoms with Crippen LogP contribution in [0.3, 0.4) is 0 Å². The molecule has 5 nitrogen and oxygen atoms in total. The van der Waals surface area contributed by atoms with Gasteiger partial charge < -0.3 is 14.8 Å². The lowest BCUT2D eigenvalue weighted by Crippen LogP contribution is -2.14. The highest BCUT2D eigenvalue weighted by atomic mass is 16.5. The lowest BCUT2D eigenvalue weighted by atomic mass is 10.1. The van der Waals surface area contributed by atoms with Crippen LogP contribution >= 0.6 is 0 Å². The summed E-state index contributed by atoms with van der Waals surface area (Å²) in [6.45, 7) is 0. The number of Topliss-reactive ketones (excluding diaryl/α,β-unsaturated/α-hetero) is 1. The molecular weight excluding hydrogens is 294 g/mol. The van der Waals surface area contributed by atoms with Gasteiger partial charge in [0.1, 0.15) is 11.5 Å². The third kappa shape index (κ3) is 4.57. The van der Waals surface area contributed by atoms with Gasteiger partial charge in [-0.2, -0.15) is 0 Å². The molecule has 0 radical (unpaired) electrons. The zero-order valence-corrected chi connectivity index (χ0v) is 13.2. The highest BCUT2D eigenvalue weighted by molar-refractivity contribution is 6.00. The molecule has 0 bridgehead atoms. The minimum absolute atomic E-state index is 0.0533. The van der Waals surface area contributed by atoms with E-state index < -0.39 is 0 Å². The van der Waals surface area contributed by atoms with Crippen molar-refractivity contribution in [3.8, 4) is 11.5 Å². The first-order valence-electron chi connectivity index (χ1n) is 7.24. The molecule has 0 aliphatic carbocycles. The summed E-state index contributed by atoms with van der Waals surface area (Å²) in [5, 5.41) is 2.75. The van der Waals surface area contributed by atoms with Gasteiger partial charge in [-0.05, 0) is 12.1 Å². The summed E-state index contributed by atoms with van der Waals surface area (Å²) in [7, 11) is 3.07. The molecule has 0 heterocycles. The van der Waals surface area contributed by atoms with Crippen LogP contribution in [0.15, 0.2) is 48.5 Å². The second-order valence-electron chi connectivity index (χ2n) is 4.90. The number of ether oxygens (including phenoxy) is 2. The maximum atomic E-state index is 12.0. The molecule has 0 aromatic heterocycles. The topological polar surface area (TPSA) is 64.6 Å². The van der Waals surface area contributed by atoms with Crippen LogP contribution in [0, 0.1) is 0 Å². The van der Waals surface area contributed by atoms with Gasteiger partial charge in [-0.25, -0.2) is 0 Å². The summed E-state index contributed by atoms with van der Waals surface area (Å²) >= 11 is 0. The van der Waals surface area contributed by atoms with Gasteiger partial charge in [-0.3, -0.25) is 9.59 Å². The minimum Gasteiger partial charge on any atom is -0.497 e. The number of hydrogen-bond acceptors (Lipinski definition) is 4. The molecule has 120 valence electrons. The van der Waals surface area contributed by atoms with E-state index in [9.17, 15) is 9.59 Å². The van der Waals surface area contributed by atoms with Crippen LogP contribution in [-0.4, -0.2) is 25.9 Å². The maximum Gasteiger partial charge on any atom is 0.224 e. The molecule has 0 aliphatic heterocycles. The molecular formula is C18H19NO4. The summed E-state index contributed by atoms with van der Waals surface area (Å²) in [6.07, 6.45) is 0.275. The largest absolute Gasteiger partial charge is 0.497 e. The number of methoxy groups -OCH3 is 2. The molecule has 0 fully saturated rings. The average Bonchev–Trinajstić information content (AvgIpc) is 2.60. The molecule has 0 atom stereocenters. The smallest absolute Gasteiger partial charge is 0.224 e. The molecule has 1 amide bonds. The molecule has 5 heteroatoms. The van der Waals surface area contributed by atoms with E-state index in [-0.39, 0.29) is 24.5 Å². The minimum atomic E-state index is -0.238. The molecule has 2 aromatic rings. The van der Waals surface area contributed by atoms with Gasteiger partial charge in [-0.15, -0.1) is 0 Å². The van der Waals surface area contributed by atoms with Crippen LogP contribution in [0.5, 0.6) is 11.5 Å². The molecule has 0 spiro atoms. The third-order valence-corrected chi connectivity index (χ3v) is 3.36. The van der Waals surface area contributed by atoms with Crippen molar-refractivity contribution < 1.29 is 19.1 Å². The van der Waals surface area contributed by atoms with E-state index in [1.807, 2.05) is 6.07 Å². The van der Waals surface area contributed by atoms with Crippen molar-refractivity contribution in [2.24, 2.45) is 0 Å². The van der Waals surface area contributed by atoms with Gasteiger partial charge in [0.2, 0.25) is 5.91 Å². The number of carbonyl (C=O) groups excluding carboxylic acids is 2. The van der Waals surface area contributed by atoms with Crippen LogP contribution in [0.4, 0.5) is 5.69 Å². The number of amides is 1. The number of ketones is 1. The Labute approximate surface area is 135 Å². The SMILES string of the molecule is COc1ccc(NC(=O)CCC(=O)c2ccccc2)c(OC)c1. The molecule has 23 heavy (non-hydrogen) atoms. The van der Waals surface area contributed by atoms with Gasteiger partial charge in [0.05, 0.1) is 19.9 Å². The lowest BCUT2D eigenvalue weighted by Gasteiger charge is -2.11. The number of hydrogen-bond donors (Lipinski definition) is 1. The Balaban J connectivity index is 1.93. The summed E-state index contributed by atoms with van der Waals surface area (Å²) in [6, 6.07) is 14.1. The Morgan fingerprint density at radius 3 is 2.35 bits per heavy atom. The van der Waals surface area contributed by atoms with Crippen molar-refractivity contribution in [2.75, 3.05) is 19.5 Å². The molecule has 2 rings (SSSR count). The third-order valence-electron chi connectivity index (χ3n) is 3.36. The van der Waals surface area contributed by atoms with Crippen molar-refractivity contribution in [2.45, 2.75) is 12.8 Å². The van der Waals surface area contributed by atoms with Gasteiger partial charge in [0.25, 0.3) is 0 Å². The Bertz CT molecular complexity index is 683. The normalized spacial score (nSPS) is 10.0. The van der Waals surface area contributed by atoms with Crippen molar-refractivity contribution in [1.82, 2.24) is 0 Å². The van der Waals surface area contributed by atoms with Crippen molar-refractivity contribution in [1.29, 1.82) is 0 Å². The van der Waals surface area contributed by atoms with Crippen LogP contribution in [0.25, 0.3) is 0 Å². The fraction of sp³-hybridized carbons (Fsp3) is 0.222. The monoisotopic (exact) mass is 313 g/mol. The molecule has 0 saturated heterocycles. The van der Waals surface area contributed by atoms with E-state index in [0.29, 0.717) is 22.7 Å². The fourth-order valence-corrected chi connectivity index (χ4v) is 2.11. The number of anilines is 1. The van der Waals surface area contributed by atoms with Crippen LogP contribution in [-0.2, 0) is 4.79 Å². The van der Waals surface area contributed by atoms with Gasteiger partial charge in [-0.1, -0.05) is 30.3 Å². The number of rotatable bonds is 7. The van der Waals surface area contributed by atoms with E-state index in [1.165, 1.54) is 7.11 Å². The quantitative estimate of drug-likeness (QED) is 0.797. The molecule has 2 aromatic carbocycles. The highest BCUT2D eigenvalue weighted by Crippen LogP contribution is 2.29. The summed E-state index contributed by atoms with van der Waals surface area (Å²) in [4.78, 5) is 24.0. The first-order valence-corrected chi connectivity index (χ1v) is 7.24.